The molecular weight excluding hydrogens is 571 g/mol. The Bertz CT molecular complexity index is 1510. The average molecular weight is 581 g/mol. The molecule has 0 radical (unpaired) electrons. The van der Waals surface area contributed by atoms with Crippen LogP contribution < -0.4 is 19.5 Å². The summed E-state index contributed by atoms with van der Waals surface area (Å²) >= 11 is 18.4. The lowest BCUT2D eigenvalue weighted by Crippen LogP contribution is -2.43. The van der Waals surface area contributed by atoms with Gasteiger partial charge in [-0.05, 0) is 36.4 Å². The predicted molar refractivity (Wildman–Crippen MR) is 126 cm³/mol. The Morgan fingerprint density at radius 3 is 2.31 bits per heavy atom. The quantitative estimate of drug-likeness (QED) is 0.267. The molecule has 10 nitrogen and oxygen atoms in total. The second-order valence-corrected chi connectivity index (χ2v) is 9.98. The van der Waals surface area contributed by atoms with Crippen molar-refractivity contribution in [3.63, 3.8) is 0 Å². The average Bonchev–Trinajstić information content (AvgIpc) is 2.77. The molecule has 0 spiro atoms. The Morgan fingerprint density at radius 2 is 1.69 bits per heavy atom. The Kier molecular flexibility index (Phi) is 6.60. The van der Waals surface area contributed by atoms with Gasteiger partial charge in [0.1, 0.15) is 5.75 Å². The molecule has 2 N–H and O–H groups in total. The maximum absolute atomic E-state index is 13.4. The summed E-state index contributed by atoms with van der Waals surface area (Å²) in [4.78, 5) is 21.2. The Balaban J connectivity index is 1.58. The number of nitrogens with zero attached hydrogens (tertiary/aromatic N) is 1. The molecule has 0 aliphatic carbocycles. The first-order valence-corrected chi connectivity index (χ1v) is 12.0. The molecule has 0 aromatic heterocycles. The summed E-state index contributed by atoms with van der Waals surface area (Å²) in [5, 5.41) is 12.2. The number of non-ortho nitro benzene ring substituents is 1. The van der Waals surface area contributed by atoms with Crippen LogP contribution in [0.25, 0.3) is 0 Å². The maximum atomic E-state index is 13.4. The molecule has 1 aliphatic rings. The first-order valence-electron chi connectivity index (χ1n) is 9.43. The number of amides is 1. The van der Waals surface area contributed by atoms with Crippen LogP contribution in [0, 0.1) is 10.1 Å². The number of nitrogens with one attached hydrogen (secondary N) is 2. The van der Waals surface area contributed by atoms with Gasteiger partial charge in [0.15, 0.2) is 11.5 Å². The molecule has 4 rings (SSSR count). The van der Waals surface area contributed by atoms with Gasteiger partial charge in [0.25, 0.3) is 15.7 Å². The van der Waals surface area contributed by atoms with Gasteiger partial charge in [-0.25, -0.2) is 8.42 Å². The molecule has 1 heterocycles. The van der Waals surface area contributed by atoms with Crippen molar-refractivity contribution in [1.82, 2.24) is 0 Å². The molecule has 188 valence electrons. The number of nitro benzene ring substituents is 1. The fraction of sp³-hybridized carbons (Fsp3) is 0.0500. The Hall–Kier alpha value is -3.39. The summed E-state index contributed by atoms with van der Waals surface area (Å²) in [6, 6.07) is 8.72. The van der Waals surface area contributed by atoms with Crippen LogP contribution in [0.2, 0.25) is 15.1 Å². The maximum Gasteiger partial charge on any atom is 0.482 e. The number of carbonyl (C=O) groups is 1. The lowest BCUT2D eigenvalue weighted by atomic mass is 10.2. The van der Waals surface area contributed by atoms with Crippen molar-refractivity contribution in [2.75, 3.05) is 10.0 Å². The zero-order valence-electron chi connectivity index (χ0n) is 17.2. The molecule has 0 bridgehead atoms. The molecule has 16 heteroatoms. The number of hydrogen-bond acceptors (Lipinski definition) is 7. The molecule has 1 amide bonds. The van der Waals surface area contributed by atoms with Crippen LogP contribution in [0.4, 0.5) is 25.8 Å². The van der Waals surface area contributed by atoms with Gasteiger partial charge >= 0.3 is 12.0 Å². The summed E-state index contributed by atoms with van der Waals surface area (Å²) in [5.41, 5.74) is -0.543. The number of ether oxygens (including phenoxy) is 2. The zero-order valence-corrected chi connectivity index (χ0v) is 20.3. The van der Waals surface area contributed by atoms with Gasteiger partial charge in [0.05, 0.1) is 36.3 Å². The van der Waals surface area contributed by atoms with E-state index >= 15 is 0 Å². The number of nitro groups is 1. The molecular formula is C20H10Cl3F2N3O7S. The van der Waals surface area contributed by atoms with E-state index in [0.717, 1.165) is 42.5 Å². The number of anilines is 2. The highest BCUT2D eigenvalue weighted by Gasteiger charge is 2.46. The minimum atomic E-state index is -4.31. The third-order valence-electron chi connectivity index (χ3n) is 4.60. The number of rotatable bonds is 6. The number of halogens is 5. The van der Waals surface area contributed by atoms with Crippen molar-refractivity contribution in [3.05, 3.63) is 73.7 Å². The smallest absolute Gasteiger partial charge is 0.453 e. The van der Waals surface area contributed by atoms with Crippen LogP contribution in [0.1, 0.15) is 0 Å². The van der Waals surface area contributed by atoms with E-state index in [2.05, 4.69) is 9.46 Å². The molecule has 36 heavy (non-hydrogen) atoms. The molecule has 0 saturated heterocycles. The highest BCUT2D eigenvalue weighted by Crippen LogP contribution is 2.42. The zero-order chi connectivity index (χ0) is 26.4. The molecule has 0 fully saturated rings. The van der Waals surface area contributed by atoms with Crippen LogP contribution in [0.5, 0.6) is 17.2 Å². The van der Waals surface area contributed by atoms with Gasteiger partial charge in [-0.1, -0.05) is 34.8 Å². The lowest BCUT2D eigenvalue weighted by molar-refractivity contribution is -0.384. The summed E-state index contributed by atoms with van der Waals surface area (Å²) in [6.45, 7) is 0. The van der Waals surface area contributed by atoms with E-state index in [4.69, 9.17) is 39.5 Å². The fourth-order valence-electron chi connectivity index (χ4n) is 2.96. The van der Waals surface area contributed by atoms with Crippen LogP contribution in [-0.2, 0) is 14.8 Å². The molecule has 3 aromatic rings. The monoisotopic (exact) mass is 579 g/mol. The van der Waals surface area contributed by atoms with Gasteiger partial charge in [0, 0.05) is 12.1 Å². The Labute approximate surface area is 215 Å². The van der Waals surface area contributed by atoms with Gasteiger partial charge < -0.3 is 14.8 Å². The highest BCUT2D eigenvalue weighted by molar-refractivity contribution is 7.92. The van der Waals surface area contributed by atoms with E-state index in [-0.39, 0.29) is 54.3 Å². The van der Waals surface area contributed by atoms with E-state index in [1.54, 1.807) is 0 Å². The minimum Gasteiger partial charge on any atom is -0.453 e. The van der Waals surface area contributed by atoms with Crippen LogP contribution in [0.3, 0.4) is 0 Å². The lowest BCUT2D eigenvalue weighted by Gasteiger charge is -2.25. The Morgan fingerprint density at radius 1 is 1.03 bits per heavy atom. The van der Waals surface area contributed by atoms with E-state index < -0.39 is 27.0 Å². The van der Waals surface area contributed by atoms with E-state index in [1.165, 1.54) is 6.07 Å². The number of fused-ring (bicyclic) bond motifs is 1. The van der Waals surface area contributed by atoms with Crippen molar-refractivity contribution < 1.29 is 36.4 Å². The molecule has 0 saturated carbocycles. The summed E-state index contributed by atoms with van der Waals surface area (Å²) in [7, 11) is -4.31. The first-order chi connectivity index (χ1) is 16.8. The number of benzene rings is 3. The number of hydrogen-bond donors (Lipinski definition) is 2. The van der Waals surface area contributed by atoms with Gasteiger partial charge in [-0.3, -0.25) is 19.6 Å². The second-order valence-electron chi connectivity index (χ2n) is 7.08. The van der Waals surface area contributed by atoms with Gasteiger partial charge in [-0.15, -0.1) is 0 Å². The molecule has 1 aliphatic heterocycles. The van der Waals surface area contributed by atoms with Crippen molar-refractivity contribution >= 4 is 67.8 Å². The summed E-state index contributed by atoms with van der Waals surface area (Å²) in [5.74, 6) is -2.26. The van der Waals surface area contributed by atoms with Crippen molar-refractivity contribution in [1.29, 1.82) is 0 Å². The molecule has 0 atom stereocenters. The van der Waals surface area contributed by atoms with E-state index in [0.29, 0.717) is 0 Å². The SMILES string of the molecule is O=C1Nc2cc(NS(=O)(=O)c3cc(Cl)c(Oc4ccc([N+](=O)[O-])cc4Cl)c(Cl)c3)ccc2OC1(F)F. The van der Waals surface area contributed by atoms with Crippen LogP contribution in [0.15, 0.2) is 53.4 Å². The normalized spacial score (nSPS) is 14.3. The number of carbonyl (C=O) groups excluding carboxylic acids is 1. The molecule has 3 aromatic carbocycles. The topological polar surface area (TPSA) is 137 Å². The van der Waals surface area contributed by atoms with Gasteiger partial charge in [0.2, 0.25) is 0 Å². The summed E-state index contributed by atoms with van der Waals surface area (Å²) < 4.78 is 64.5. The van der Waals surface area contributed by atoms with Crippen LogP contribution >= 0.6 is 34.8 Å². The van der Waals surface area contributed by atoms with Crippen molar-refractivity contribution in [3.8, 4) is 17.2 Å². The van der Waals surface area contributed by atoms with E-state index in [9.17, 15) is 32.1 Å². The van der Waals surface area contributed by atoms with Crippen molar-refractivity contribution in [2.45, 2.75) is 11.0 Å². The van der Waals surface area contributed by atoms with Crippen LogP contribution in [-0.4, -0.2) is 25.4 Å². The minimum absolute atomic E-state index is 0.0244. The number of sulfonamides is 1. The fourth-order valence-corrected chi connectivity index (χ4v) is 4.97. The van der Waals surface area contributed by atoms with Crippen molar-refractivity contribution in [2.24, 2.45) is 0 Å². The largest absolute Gasteiger partial charge is 0.482 e. The number of alkyl halides is 2. The highest BCUT2D eigenvalue weighted by atomic mass is 35.5. The van der Waals surface area contributed by atoms with E-state index in [1.807, 2.05) is 5.32 Å². The predicted octanol–water partition coefficient (Wildman–Crippen LogP) is 6.07. The third kappa shape index (κ3) is 5.09. The third-order valence-corrected chi connectivity index (χ3v) is 6.82. The standard InChI is InChI=1S/C20H10Cl3F2N3O7S/c21-12-6-10(28(30)31)2-4-16(12)34-18-13(22)7-11(8-14(18)23)36(32,33)27-9-1-3-17-15(5-9)26-19(29)20(24,25)35-17/h1-8,27H,(H,26,29). The van der Waals surface area contributed by atoms with Gasteiger partial charge in [-0.2, -0.15) is 8.78 Å². The summed E-state index contributed by atoms with van der Waals surface area (Å²) in [6.07, 6.45) is -4.07. The second kappa shape index (κ2) is 9.24. The molecule has 0 unspecified atom stereocenters. The first kappa shape index (κ1) is 25.7.